The topological polar surface area (TPSA) is 59.5 Å². The van der Waals surface area contributed by atoms with Crippen molar-refractivity contribution in [2.75, 3.05) is 26.1 Å². The first kappa shape index (κ1) is 18.3. The van der Waals surface area contributed by atoms with Crippen LogP contribution >= 0.6 is 0 Å². The zero-order chi connectivity index (χ0) is 19.3. The van der Waals surface area contributed by atoms with Gasteiger partial charge in [0.1, 0.15) is 11.5 Å². The minimum Gasteiger partial charge on any atom is -0.497 e. The van der Waals surface area contributed by atoms with Crippen molar-refractivity contribution >= 4 is 11.6 Å². The first-order valence-electron chi connectivity index (χ1n) is 9.35. The Balaban J connectivity index is 1.45. The summed E-state index contributed by atoms with van der Waals surface area (Å²) < 4.78 is 10.7. The fourth-order valence-electron chi connectivity index (χ4n) is 3.47. The Bertz CT molecular complexity index is 961. The number of hydrogen-bond donors (Lipinski definition) is 1. The van der Waals surface area contributed by atoms with Crippen LogP contribution in [0.15, 0.2) is 54.7 Å². The molecular formula is C22H24N4O2. The lowest BCUT2D eigenvalue weighted by molar-refractivity contribution is 0.239. The molecule has 0 saturated carbocycles. The molecule has 0 unspecified atom stereocenters. The number of rotatable bonds is 6. The number of fused-ring (bicyclic) bond motifs is 1. The quantitative estimate of drug-likeness (QED) is 0.706. The molecule has 1 aliphatic rings. The zero-order valence-corrected chi connectivity index (χ0v) is 16.2. The molecule has 0 bridgehead atoms. The number of methoxy groups -OCH3 is 2. The van der Waals surface area contributed by atoms with Crippen LogP contribution in [0.2, 0.25) is 0 Å². The molecular weight excluding hydrogens is 352 g/mol. The van der Waals surface area contributed by atoms with Crippen LogP contribution in [0, 0.1) is 0 Å². The number of para-hydroxylation sites is 1. The smallest absolute Gasteiger partial charge is 0.227 e. The van der Waals surface area contributed by atoms with Gasteiger partial charge in [0.05, 0.1) is 19.9 Å². The number of anilines is 2. The molecule has 1 aromatic heterocycles. The normalized spacial score (nSPS) is 13.6. The molecule has 6 heteroatoms. The second-order valence-electron chi connectivity index (χ2n) is 6.79. The van der Waals surface area contributed by atoms with Gasteiger partial charge in [0.15, 0.2) is 0 Å². The van der Waals surface area contributed by atoms with Gasteiger partial charge in [-0.1, -0.05) is 24.3 Å². The summed E-state index contributed by atoms with van der Waals surface area (Å²) in [6.07, 6.45) is 2.83. The van der Waals surface area contributed by atoms with Gasteiger partial charge in [0.2, 0.25) is 5.95 Å². The van der Waals surface area contributed by atoms with Crippen LogP contribution in [0.5, 0.6) is 11.5 Å². The Labute approximate surface area is 165 Å². The Hall–Kier alpha value is -3.12. The van der Waals surface area contributed by atoms with Gasteiger partial charge in [-0.05, 0) is 18.2 Å². The Morgan fingerprint density at radius 1 is 1.07 bits per heavy atom. The highest BCUT2D eigenvalue weighted by Gasteiger charge is 2.19. The highest BCUT2D eigenvalue weighted by atomic mass is 16.5. The van der Waals surface area contributed by atoms with E-state index in [4.69, 9.17) is 14.5 Å². The minimum absolute atomic E-state index is 0.616. The van der Waals surface area contributed by atoms with Gasteiger partial charge in [-0.25, -0.2) is 9.97 Å². The van der Waals surface area contributed by atoms with E-state index in [1.807, 2.05) is 42.6 Å². The van der Waals surface area contributed by atoms with Gasteiger partial charge in [-0.2, -0.15) is 0 Å². The molecule has 0 saturated heterocycles. The van der Waals surface area contributed by atoms with Gasteiger partial charge in [-0.15, -0.1) is 0 Å². The number of ether oxygens (including phenoxy) is 2. The average molecular weight is 376 g/mol. The SMILES string of the molecule is COc1cccc(Nc2ncc3c(n2)CCN(Cc2ccccc2OC)C3)c1. The number of hydrogen-bond acceptors (Lipinski definition) is 6. The van der Waals surface area contributed by atoms with Gasteiger partial charge < -0.3 is 14.8 Å². The standard InChI is InChI=1S/C22H24N4O2/c1-27-19-8-5-7-18(12-19)24-22-23-13-17-15-26(11-10-20(17)25-22)14-16-6-3-4-9-21(16)28-2/h3-9,12-13H,10-11,14-15H2,1-2H3,(H,23,24,25). The molecule has 0 atom stereocenters. The van der Waals surface area contributed by atoms with Crippen molar-refractivity contribution in [1.29, 1.82) is 0 Å². The summed E-state index contributed by atoms with van der Waals surface area (Å²) in [7, 11) is 3.38. The van der Waals surface area contributed by atoms with Gasteiger partial charge in [-0.3, -0.25) is 4.90 Å². The first-order chi connectivity index (χ1) is 13.7. The molecule has 3 aromatic rings. The molecule has 1 N–H and O–H groups in total. The first-order valence-corrected chi connectivity index (χ1v) is 9.35. The fourth-order valence-corrected chi connectivity index (χ4v) is 3.47. The molecule has 0 fully saturated rings. The van der Waals surface area contributed by atoms with Crippen molar-refractivity contribution < 1.29 is 9.47 Å². The third-order valence-electron chi connectivity index (χ3n) is 4.93. The van der Waals surface area contributed by atoms with E-state index in [1.165, 1.54) is 11.1 Å². The molecule has 2 heterocycles. The monoisotopic (exact) mass is 376 g/mol. The van der Waals surface area contributed by atoms with E-state index in [0.717, 1.165) is 48.9 Å². The van der Waals surface area contributed by atoms with E-state index in [-0.39, 0.29) is 0 Å². The lowest BCUT2D eigenvalue weighted by atomic mass is 10.1. The molecule has 2 aromatic carbocycles. The maximum Gasteiger partial charge on any atom is 0.227 e. The van der Waals surface area contributed by atoms with Crippen LogP contribution in [0.4, 0.5) is 11.6 Å². The second-order valence-corrected chi connectivity index (χ2v) is 6.79. The zero-order valence-electron chi connectivity index (χ0n) is 16.2. The summed E-state index contributed by atoms with van der Waals surface area (Å²) in [4.78, 5) is 11.6. The highest BCUT2D eigenvalue weighted by Crippen LogP contribution is 2.25. The third kappa shape index (κ3) is 4.07. The predicted octanol–water partition coefficient (Wildman–Crippen LogP) is 3.80. The van der Waals surface area contributed by atoms with Crippen molar-refractivity contribution in [2.45, 2.75) is 19.5 Å². The fraction of sp³-hybridized carbons (Fsp3) is 0.273. The molecule has 0 aliphatic carbocycles. The van der Waals surface area contributed by atoms with Crippen LogP contribution in [0.3, 0.4) is 0 Å². The predicted molar refractivity (Wildman–Crippen MR) is 109 cm³/mol. The van der Waals surface area contributed by atoms with E-state index in [0.29, 0.717) is 5.95 Å². The summed E-state index contributed by atoms with van der Waals surface area (Å²) >= 11 is 0. The summed E-state index contributed by atoms with van der Waals surface area (Å²) in [5.41, 5.74) is 4.40. The maximum absolute atomic E-state index is 5.48. The van der Waals surface area contributed by atoms with Gasteiger partial charge >= 0.3 is 0 Å². The van der Waals surface area contributed by atoms with Crippen molar-refractivity contribution in [2.24, 2.45) is 0 Å². The van der Waals surface area contributed by atoms with Crippen LogP contribution < -0.4 is 14.8 Å². The van der Waals surface area contributed by atoms with Gasteiger partial charge in [0, 0.05) is 55.1 Å². The van der Waals surface area contributed by atoms with Crippen molar-refractivity contribution in [1.82, 2.24) is 14.9 Å². The summed E-state index contributed by atoms with van der Waals surface area (Å²) in [6, 6.07) is 15.9. The molecule has 6 nitrogen and oxygen atoms in total. The number of aromatic nitrogens is 2. The van der Waals surface area contributed by atoms with E-state index < -0.39 is 0 Å². The minimum atomic E-state index is 0.616. The Kier molecular flexibility index (Phi) is 5.39. The highest BCUT2D eigenvalue weighted by molar-refractivity contribution is 5.56. The molecule has 144 valence electrons. The van der Waals surface area contributed by atoms with Crippen LogP contribution in [0.1, 0.15) is 16.8 Å². The van der Waals surface area contributed by atoms with Crippen LogP contribution in [-0.4, -0.2) is 35.6 Å². The van der Waals surface area contributed by atoms with E-state index in [1.54, 1.807) is 14.2 Å². The van der Waals surface area contributed by atoms with E-state index in [9.17, 15) is 0 Å². The molecule has 1 aliphatic heterocycles. The molecule has 0 spiro atoms. The van der Waals surface area contributed by atoms with E-state index >= 15 is 0 Å². The summed E-state index contributed by atoms with van der Waals surface area (Å²) in [5.74, 6) is 2.35. The second kappa shape index (κ2) is 8.27. The van der Waals surface area contributed by atoms with Crippen molar-refractivity contribution in [3.63, 3.8) is 0 Å². The number of nitrogens with one attached hydrogen (secondary N) is 1. The lowest BCUT2D eigenvalue weighted by Gasteiger charge is -2.28. The van der Waals surface area contributed by atoms with E-state index in [2.05, 4.69) is 27.3 Å². The molecule has 0 radical (unpaired) electrons. The Morgan fingerprint density at radius 3 is 2.82 bits per heavy atom. The van der Waals surface area contributed by atoms with Crippen LogP contribution in [0.25, 0.3) is 0 Å². The number of benzene rings is 2. The van der Waals surface area contributed by atoms with Gasteiger partial charge in [0.25, 0.3) is 0 Å². The lowest BCUT2D eigenvalue weighted by Crippen LogP contribution is -2.31. The number of nitrogens with zero attached hydrogens (tertiary/aromatic N) is 3. The molecule has 4 rings (SSSR count). The maximum atomic E-state index is 5.48. The summed E-state index contributed by atoms with van der Waals surface area (Å²) in [5, 5.41) is 3.26. The largest absolute Gasteiger partial charge is 0.497 e. The van der Waals surface area contributed by atoms with Crippen molar-refractivity contribution in [3.05, 3.63) is 71.5 Å². The molecule has 0 amide bonds. The average Bonchev–Trinajstić information content (AvgIpc) is 2.74. The molecule has 28 heavy (non-hydrogen) atoms. The van der Waals surface area contributed by atoms with Crippen LogP contribution in [-0.2, 0) is 19.5 Å². The Morgan fingerprint density at radius 2 is 1.96 bits per heavy atom. The summed E-state index contributed by atoms with van der Waals surface area (Å²) in [6.45, 7) is 2.65. The third-order valence-corrected chi connectivity index (χ3v) is 4.93. The van der Waals surface area contributed by atoms with Crippen molar-refractivity contribution in [3.8, 4) is 11.5 Å².